The number of cyclic esters (lactones) is 1. The summed E-state index contributed by atoms with van der Waals surface area (Å²) in [5.41, 5.74) is 1.15. The lowest BCUT2D eigenvalue weighted by Crippen LogP contribution is -2.26. The molecule has 1 aliphatic heterocycles. The summed E-state index contributed by atoms with van der Waals surface area (Å²) < 4.78 is 5.77. The minimum atomic E-state index is -0.570. The zero-order chi connectivity index (χ0) is 22.0. The highest BCUT2D eigenvalue weighted by Crippen LogP contribution is 2.24. The van der Waals surface area contributed by atoms with Crippen molar-refractivity contribution in [3.8, 4) is 0 Å². The molecule has 0 saturated carbocycles. The topological polar surface area (TPSA) is 87.0 Å². The van der Waals surface area contributed by atoms with Crippen molar-refractivity contribution in [1.82, 2.24) is 0 Å². The molecule has 0 radical (unpaired) electrons. The summed E-state index contributed by atoms with van der Waals surface area (Å²) in [6.45, 7) is 9.81. The number of aliphatic hydroxyl groups excluding tert-OH is 3. The van der Waals surface area contributed by atoms with E-state index >= 15 is 0 Å². The molecule has 0 spiro atoms. The van der Waals surface area contributed by atoms with Crippen molar-refractivity contribution in [2.45, 2.75) is 104 Å². The summed E-state index contributed by atoms with van der Waals surface area (Å²) in [4.78, 5) is 12.3. The number of rotatable bonds is 7. The van der Waals surface area contributed by atoms with Gasteiger partial charge in [0.25, 0.3) is 0 Å². The van der Waals surface area contributed by atoms with Crippen molar-refractivity contribution in [2.75, 3.05) is 0 Å². The summed E-state index contributed by atoms with van der Waals surface area (Å²) >= 11 is 0. The van der Waals surface area contributed by atoms with Crippen molar-refractivity contribution in [3.63, 3.8) is 0 Å². The number of carbonyl (C=O) groups is 1. The quantitative estimate of drug-likeness (QED) is 0.433. The fourth-order valence-electron chi connectivity index (χ4n) is 3.89. The number of carbonyl (C=O) groups excluding carboxylic acids is 1. The molecule has 1 rings (SSSR count). The smallest absolute Gasteiger partial charge is 0.306 e. The van der Waals surface area contributed by atoms with E-state index in [9.17, 15) is 20.1 Å². The van der Waals surface area contributed by atoms with Gasteiger partial charge in [-0.25, -0.2) is 0 Å². The maximum atomic E-state index is 12.3. The number of allylic oxidation sites excluding steroid dienone is 2. The monoisotopic (exact) mass is 410 g/mol. The summed E-state index contributed by atoms with van der Waals surface area (Å²) in [6, 6.07) is 0. The Morgan fingerprint density at radius 2 is 1.90 bits per heavy atom. The summed E-state index contributed by atoms with van der Waals surface area (Å²) in [7, 11) is 0. The molecule has 7 atom stereocenters. The van der Waals surface area contributed by atoms with Gasteiger partial charge in [0.1, 0.15) is 6.10 Å². The zero-order valence-electron chi connectivity index (χ0n) is 18.9. The van der Waals surface area contributed by atoms with Crippen molar-refractivity contribution >= 4 is 5.97 Å². The minimum absolute atomic E-state index is 0.0385. The van der Waals surface area contributed by atoms with Crippen molar-refractivity contribution in [2.24, 2.45) is 17.8 Å². The lowest BCUT2D eigenvalue weighted by molar-refractivity contribution is -0.151. The van der Waals surface area contributed by atoms with Crippen molar-refractivity contribution in [3.05, 3.63) is 23.8 Å². The van der Waals surface area contributed by atoms with Gasteiger partial charge in [0, 0.05) is 18.8 Å². The van der Waals surface area contributed by atoms with E-state index in [1.807, 2.05) is 20.8 Å². The second kappa shape index (κ2) is 13.2. The van der Waals surface area contributed by atoms with Crippen LogP contribution in [0.4, 0.5) is 0 Å². The summed E-state index contributed by atoms with van der Waals surface area (Å²) in [6.07, 6.45) is 8.81. The molecule has 0 aromatic rings. The highest BCUT2D eigenvalue weighted by molar-refractivity contribution is 5.69. The fourth-order valence-corrected chi connectivity index (χ4v) is 3.89. The molecule has 0 fully saturated rings. The van der Waals surface area contributed by atoms with E-state index in [1.54, 1.807) is 6.92 Å². The normalized spacial score (nSPS) is 30.3. The molecule has 29 heavy (non-hydrogen) atoms. The first-order valence-corrected chi connectivity index (χ1v) is 11.2. The lowest BCUT2D eigenvalue weighted by Gasteiger charge is -2.25. The number of hydrogen-bond acceptors (Lipinski definition) is 5. The van der Waals surface area contributed by atoms with Crippen molar-refractivity contribution < 1.29 is 24.9 Å². The average Bonchev–Trinajstić information content (AvgIpc) is 2.61. The Morgan fingerprint density at radius 1 is 1.24 bits per heavy atom. The molecule has 1 heterocycles. The second-order valence-electron chi connectivity index (χ2n) is 9.11. The SMILES string of the molecule is C/C(=C\[C@@H](C)C(O)CC(C)O)C[C@H](C)C1C/C=C\C[C@H](C)[C@@H](O)CCCC(=O)O1. The molecule has 0 amide bonds. The van der Waals surface area contributed by atoms with Gasteiger partial charge in [-0.15, -0.1) is 0 Å². The average molecular weight is 411 g/mol. The molecular formula is C24H42O5. The third-order valence-electron chi connectivity index (χ3n) is 5.88. The Kier molecular flexibility index (Phi) is 11.8. The van der Waals surface area contributed by atoms with Crippen LogP contribution in [0.3, 0.4) is 0 Å². The molecular weight excluding hydrogens is 368 g/mol. The van der Waals surface area contributed by atoms with Crippen LogP contribution in [-0.2, 0) is 9.53 Å². The maximum Gasteiger partial charge on any atom is 0.306 e. The minimum Gasteiger partial charge on any atom is -0.462 e. The maximum absolute atomic E-state index is 12.3. The Balaban J connectivity index is 2.73. The largest absolute Gasteiger partial charge is 0.462 e. The first kappa shape index (κ1) is 25.9. The first-order chi connectivity index (χ1) is 13.6. The summed E-state index contributed by atoms with van der Waals surface area (Å²) in [5, 5.41) is 29.7. The van der Waals surface area contributed by atoms with E-state index in [2.05, 4.69) is 25.2 Å². The molecule has 5 nitrogen and oxygen atoms in total. The third kappa shape index (κ3) is 10.4. The van der Waals surface area contributed by atoms with Crippen LogP contribution in [0.25, 0.3) is 0 Å². The third-order valence-corrected chi connectivity index (χ3v) is 5.88. The molecule has 0 bridgehead atoms. The van der Waals surface area contributed by atoms with Crippen LogP contribution in [0.15, 0.2) is 23.8 Å². The number of esters is 1. The Bertz CT molecular complexity index is 539. The molecule has 0 aliphatic carbocycles. The summed E-state index contributed by atoms with van der Waals surface area (Å²) in [5.74, 6) is 0.116. The van der Waals surface area contributed by atoms with Crippen LogP contribution in [0.5, 0.6) is 0 Å². The van der Waals surface area contributed by atoms with Gasteiger partial charge < -0.3 is 20.1 Å². The van der Waals surface area contributed by atoms with Crippen molar-refractivity contribution in [1.29, 1.82) is 0 Å². The van der Waals surface area contributed by atoms with Crippen LogP contribution in [0.1, 0.15) is 79.6 Å². The van der Waals surface area contributed by atoms with Crippen LogP contribution in [-0.4, -0.2) is 45.7 Å². The van der Waals surface area contributed by atoms with Gasteiger partial charge in [-0.05, 0) is 57.8 Å². The van der Waals surface area contributed by atoms with E-state index in [1.165, 1.54) is 0 Å². The molecule has 5 heteroatoms. The van der Waals surface area contributed by atoms with Crippen LogP contribution >= 0.6 is 0 Å². The van der Waals surface area contributed by atoms with Crippen LogP contribution < -0.4 is 0 Å². The molecule has 3 unspecified atom stereocenters. The molecule has 3 N–H and O–H groups in total. The van der Waals surface area contributed by atoms with E-state index in [4.69, 9.17) is 4.74 Å². The fraction of sp³-hybridized carbons (Fsp3) is 0.792. The molecule has 0 saturated heterocycles. The van der Waals surface area contributed by atoms with Gasteiger partial charge in [-0.2, -0.15) is 0 Å². The second-order valence-corrected chi connectivity index (χ2v) is 9.11. The van der Waals surface area contributed by atoms with Gasteiger partial charge in [0.05, 0.1) is 18.3 Å². The Hall–Kier alpha value is -1.17. The molecule has 0 aromatic carbocycles. The lowest BCUT2D eigenvalue weighted by atomic mass is 9.90. The predicted octanol–water partition coefficient (Wildman–Crippen LogP) is 4.16. The van der Waals surface area contributed by atoms with E-state index < -0.39 is 12.2 Å². The van der Waals surface area contributed by atoms with E-state index in [-0.39, 0.29) is 35.9 Å². The highest BCUT2D eigenvalue weighted by atomic mass is 16.5. The molecule has 0 aromatic heterocycles. The van der Waals surface area contributed by atoms with E-state index in [0.29, 0.717) is 32.1 Å². The Morgan fingerprint density at radius 3 is 2.55 bits per heavy atom. The predicted molar refractivity (Wildman–Crippen MR) is 116 cm³/mol. The van der Waals surface area contributed by atoms with Gasteiger partial charge >= 0.3 is 5.97 Å². The van der Waals surface area contributed by atoms with E-state index in [0.717, 1.165) is 18.4 Å². The van der Waals surface area contributed by atoms with Gasteiger partial charge in [-0.3, -0.25) is 4.79 Å². The van der Waals surface area contributed by atoms with Gasteiger partial charge in [-0.1, -0.05) is 44.6 Å². The van der Waals surface area contributed by atoms with Gasteiger partial charge in [0.15, 0.2) is 0 Å². The molecule has 1 aliphatic rings. The first-order valence-electron chi connectivity index (χ1n) is 11.2. The van der Waals surface area contributed by atoms with Gasteiger partial charge in [0.2, 0.25) is 0 Å². The van der Waals surface area contributed by atoms with Crippen LogP contribution in [0, 0.1) is 17.8 Å². The Labute approximate surface area is 176 Å². The standard InChI is InChI=1S/C24H42O5/c1-16(13-18(3)22(27)15-20(5)25)14-19(4)23-11-7-6-9-17(2)21(26)10-8-12-24(28)29-23/h6-7,13,17-23,25-27H,8-12,14-15H2,1-5H3/b7-6-,16-13+/t17-,18+,19-,20?,21-,22?,23?/m0/s1. The molecule has 168 valence electrons. The highest BCUT2D eigenvalue weighted by Gasteiger charge is 2.23. The number of ether oxygens (including phenoxy) is 1. The van der Waals surface area contributed by atoms with Crippen LogP contribution in [0.2, 0.25) is 0 Å². The number of hydrogen-bond donors (Lipinski definition) is 3. The number of aliphatic hydroxyl groups is 3. The zero-order valence-corrected chi connectivity index (χ0v) is 18.9.